The monoisotopic (exact) mass is 254 g/mol. The van der Waals surface area contributed by atoms with Gasteiger partial charge in [0.05, 0.1) is 6.10 Å². The van der Waals surface area contributed by atoms with Gasteiger partial charge in [-0.1, -0.05) is 36.4 Å². The Morgan fingerprint density at radius 3 is 2.11 bits per heavy atom. The van der Waals surface area contributed by atoms with Crippen LogP contribution in [-0.2, 0) is 19.3 Å². The van der Waals surface area contributed by atoms with Gasteiger partial charge in [-0.05, 0) is 54.0 Å². The van der Waals surface area contributed by atoms with Gasteiger partial charge < -0.3 is 10.2 Å². The highest BCUT2D eigenvalue weighted by molar-refractivity contribution is 5.33. The number of aliphatic hydroxyl groups is 1. The van der Waals surface area contributed by atoms with Gasteiger partial charge in [0.15, 0.2) is 0 Å². The maximum absolute atomic E-state index is 10.4. The average molecular weight is 254 g/mol. The molecular formula is C17H18O2. The summed E-state index contributed by atoms with van der Waals surface area (Å²) < 4.78 is 0. The molecule has 0 amide bonds. The van der Waals surface area contributed by atoms with E-state index in [1.807, 2.05) is 12.1 Å². The Morgan fingerprint density at radius 1 is 0.947 bits per heavy atom. The maximum atomic E-state index is 10.4. The predicted molar refractivity (Wildman–Crippen MR) is 75.2 cm³/mol. The number of phenols is 1. The largest absolute Gasteiger partial charge is 0.508 e. The molecule has 2 aromatic carbocycles. The Morgan fingerprint density at radius 2 is 1.53 bits per heavy atom. The lowest BCUT2D eigenvalue weighted by Crippen LogP contribution is -2.23. The number of phenolic OH excluding ortho intramolecular Hbond substituents is 1. The van der Waals surface area contributed by atoms with Gasteiger partial charge in [-0.25, -0.2) is 0 Å². The molecule has 1 aliphatic carbocycles. The number of fused-ring (bicyclic) bond motifs is 1. The molecule has 1 atom stereocenters. The average Bonchev–Trinajstić information content (AvgIpc) is 2.85. The van der Waals surface area contributed by atoms with E-state index in [1.54, 1.807) is 12.1 Å². The van der Waals surface area contributed by atoms with Gasteiger partial charge in [-0.15, -0.1) is 0 Å². The standard InChI is InChI=1S/C17H18O2/c18-16-7-5-12(6-8-16)9-17(19)15-10-13-3-1-2-4-14(13)11-15/h1-8,15,17-19H,9-11H2. The molecular weight excluding hydrogens is 236 g/mol. The molecule has 0 aliphatic heterocycles. The number of aliphatic hydroxyl groups excluding tert-OH is 1. The topological polar surface area (TPSA) is 40.5 Å². The minimum Gasteiger partial charge on any atom is -0.508 e. The molecule has 0 saturated carbocycles. The van der Waals surface area contributed by atoms with Crippen molar-refractivity contribution in [3.8, 4) is 5.75 Å². The molecule has 2 aromatic rings. The first-order valence-corrected chi connectivity index (χ1v) is 6.75. The molecule has 2 N–H and O–H groups in total. The van der Waals surface area contributed by atoms with Crippen LogP contribution in [0.1, 0.15) is 16.7 Å². The lowest BCUT2D eigenvalue weighted by molar-refractivity contribution is 0.113. The van der Waals surface area contributed by atoms with Gasteiger partial charge in [-0.3, -0.25) is 0 Å². The van der Waals surface area contributed by atoms with E-state index in [1.165, 1.54) is 11.1 Å². The van der Waals surface area contributed by atoms with Gasteiger partial charge in [0.2, 0.25) is 0 Å². The molecule has 0 fully saturated rings. The number of hydrogen-bond donors (Lipinski definition) is 2. The van der Waals surface area contributed by atoms with E-state index in [4.69, 9.17) is 0 Å². The van der Waals surface area contributed by atoms with E-state index in [-0.39, 0.29) is 11.9 Å². The van der Waals surface area contributed by atoms with E-state index in [9.17, 15) is 10.2 Å². The van der Waals surface area contributed by atoms with Crippen molar-refractivity contribution in [1.29, 1.82) is 0 Å². The molecule has 0 heterocycles. The normalized spacial score (nSPS) is 16.3. The zero-order chi connectivity index (χ0) is 13.2. The van der Waals surface area contributed by atoms with Gasteiger partial charge in [-0.2, -0.15) is 0 Å². The predicted octanol–water partition coefficient (Wildman–Crippen LogP) is 2.71. The Labute approximate surface area is 113 Å². The van der Waals surface area contributed by atoms with Crippen LogP contribution >= 0.6 is 0 Å². The summed E-state index contributed by atoms with van der Waals surface area (Å²) in [7, 11) is 0. The molecule has 1 aliphatic rings. The minimum absolute atomic E-state index is 0.270. The Kier molecular flexibility index (Phi) is 3.26. The molecule has 98 valence electrons. The highest BCUT2D eigenvalue weighted by atomic mass is 16.3. The Balaban J connectivity index is 1.66. The third-order valence-corrected chi connectivity index (χ3v) is 4.01. The van der Waals surface area contributed by atoms with Crippen molar-refractivity contribution in [3.63, 3.8) is 0 Å². The fraction of sp³-hybridized carbons (Fsp3) is 0.294. The summed E-state index contributed by atoms with van der Waals surface area (Å²) in [4.78, 5) is 0. The van der Waals surface area contributed by atoms with Gasteiger partial charge in [0, 0.05) is 0 Å². The van der Waals surface area contributed by atoms with E-state index in [2.05, 4.69) is 24.3 Å². The van der Waals surface area contributed by atoms with Crippen LogP contribution in [0.3, 0.4) is 0 Å². The van der Waals surface area contributed by atoms with E-state index < -0.39 is 0 Å². The molecule has 19 heavy (non-hydrogen) atoms. The van der Waals surface area contributed by atoms with E-state index >= 15 is 0 Å². The number of hydrogen-bond acceptors (Lipinski definition) is 2. The molecule has 1 unspecified atom stereocenters. The van der Waals surface area contributed by atoms with Crippen LogP contribution in [0.5, 0.6) is 5.75 Å². The molecule has 0 bridgehead atoms. The fourth-order valence-corrected chi connectivity index (χ4v) is 2.91. The van der Waals surface area contributed by atoms with Crippen LogP contribution in [0, 0.1) is 5.92 Å². The van der Waals surface area contributed by atoms with Gasteiger partial charge in [0.1, 0.15) is 5.75 Å². The summed E-state index contributed by atoms with van der Waals surface area (Å²) in [6.07, 6.45) is 2.26. The van der Waals surface area contributed by atoms with Gasteiger partial charge in [0.25, 0.3) is 0 Å². The van der Waals surface area contributed by atoms with Crippen LogP contribution < -0.4 is 0 Å². The molecule has 2 nitrogen and oxygen atoms in total. The van der Waals surface area contributed by atoms with Crippen molar-refractivity contribution in [3.05, 3.63) is 65.2 Å². The minimum atomic E-state index is -0.322. The van der Waals surface area contributed by atoms with Crippen LogP contribution in [0.2, 0.25) is 0 Å². The molecule has 0 radical (unpaired) electrons. The van der Waals surface area contributed by atoms with Crippen molar-refractivity contribution in [2.75, 3.05) is 0 Å². The molecule has 0 aromatic heterocycles. The first-order valence-electron chi connectivity index (χ1n) is 6.75. The smallest absolute Gasteiger partial charge is 0.115 e. The van der Waals surface area contributed by atoms with Crippen molar-refractivity contribution in [2.24, 2.45) is 5.92 Å². The third kappa shape index (κ3) is 2.64. The zero-order valence-electron chi connectivity index (χ0n) is 10.8. The quantitative estimate of drug-likeness (QED) is 0.884. The zero-order valence-corrected chi connectivity index (χ0v) is 10.8. The molecule has 0 saturated heterocycles. The lowest BCUT2D eigenvalue weighted by atomic mass is 9.93. The molecule has 2 heteroatoms. The summed E-state index contributed by atoms with van der Waals surface area (Å²) in [5.41, 5.74) is 3.82. The molecule has 0 spiro atoms. The number of aromatic hydroxyl groups is 1. The van der Waals surface area contributed by atoms with E-state index in [0.29, 0.717) is 12.3 Å². The third-order valence-electron chi connectivity index (χ3n) is 4.01. The van der Waals surface area contributed by atoms with Crippen LogP contribution in [-0.4, -0.2) is 16.3 Å². The summed E-state index contributed by atoms with van der Waals surface area (Å²) in [5.74, 6) is 0.581. The first kappa shape index (κ1) is 12.2. The first-order chi connectivity index (χ1) is 9.22. The van der Waals surface area contributed by atoms with E-state index in [0.717, 1.165) is 18.4 Å². The van der Waals surface area contributed by atoms with Crippen molar-refractivity contribution in [2.45, 2.75) is 25.4 Å². The lowest BCUT2D eigenvalue weighted by Gasteiger charge is -2.17. The maximum Gasteiger partial charge on any atom is 0.115 e. The molecule has 3 rings (SSSR count). The summed E-state index contributed by atoms with van der Waals surface area (Å²) in [6.45, 7) is 0. The second-order valence-corrected chi connectivity index (χ2v) is 5.37. The second-order valence-electron chi connectivity index (χ2n) is 5.37. The number of benzene rings is 2. The van der Waals surface area contributed by atoms with Crippen LogP contribution in [0.15, 0.2) is 48.5 Å². The van der Waals surface area contributed by atoms with Crippen molar-refractivity contribution >= 4 is 0 Å². The SMILES string of the molecule is Oc1ccc(CC(O)C2Cc3ccccc3C2)cc1. The fourth-order valence-electron chi connectivity index (χ4n) is 2.91. The highest BCUT2D eigenvalue weighted by Gasteiger charge is 2.27. The summed E-state index contributed by atoms with van der Waals surface area (Å²) in [6, 6.07) is 15.5. The Hall–Kier alpha value is -1.80. The number of rotatable bonds is 3. The Bertz CT molecular complexity index is 535. The van der Waals surface area contributed by atoms with Crippen LogP contribution in [0.25, 0.3) is 0 Å². The van der Waals surface area contributed by atoms with Crippen molar-refractivity contribution < 1.29 is 10.2 Å². The summed E-state index contributed by atoms with van der Waals surface area (Å²) in [5, 5.41) is 19.6. The summed E-state index contributed by atoms with van der Waals surface area (Å²) >= 11 is 0. The second kappa shape index (κ2) is 5.06. The van der Waals surface area contributed by atoms with Crippen molar-refractivity contribution in [1.82, 2.24) is 0 Å². The highest BCUT2D eigenvalue weighted by Crippen LogP contribution is 2.29. The van der Waals surface area contributed by atoms with Crippen LogP contribution in [0.4, 0.5) is 0 Å². The van der Waals surface area contributed by atoms with Gasteiger partial charge >= 0.3 is 0 Å².